The highest BCUT2D eigenvalue weighted by atomic mass is 19.1. The molecule has 1 radical (unpaired) electrons. The number of halogens is 1. The fourth-order valence-corrected chi connectivity index (χ4v) is 0.892. The highest BCUT2D eigenvalue weighted by molar-refractivity contribution is 5.28. The van der Waals surface area contributed by atoms with E-state index in [1.807, 2.05) is 0 Å². The molecular weight excluding hydrogens is 157 g/mol. The van der Waals surface area contributed by atoms with Crippen LogP contribution in [-0.4, -0.2) is 15.0 Å². The predicted octanol–water partition coefficient (Wildman–Crippen LogP) is 1.21. The summed E-state index contributed by atoms with van der Waals surface area (Å²) in [6.45, 7) is 0. The zero-order chi connectivity index (χ0) is 8.39. The molecule has 0 spiro atoms. The Morgan fingerprint density at radius 3 is 2.75 bits per heavy atom. The minimum atomic E-state index is -0.381. The van der Waals surface area contributed by atoms with Crippen molar-refractivity contribution in [1.29, 1.82) is 0 Å². The van der Waals surface area contributed by atoms with Gasteiger partial charge in [-0.1, -0.05) is 12.1 Å². The van der Waals surface area contributed by atoms with Gasteiger partial charge in [-0.25, -0.2) is 4.39 Å². The Balaban J connectivity index is 2.55. The van der Waals surface area contributed by atoms with Crippen LogP contribution in [0.3, 0.4) is 0 Å². The smallest absolute Gasteiger partial charge is 0.151 e. The Labute approximate surface area is 68.4 Å². The van der Waals surface area contributed by atoms with Crippen molar-refractivity contribution in [2.45, 2.75) is 0 Å². The molecule has 0 aliphatic heterocycles. The van der Waals surface area contributed by atoms with Gasteiger partial charge in [-0.15, -0.1) is 4.80 Å². The minimum absolute atomic E-state index is 0.238. The van der Waals surface area contributed by atoms with Gasteiger partial charge in [0.25, 0.3) is 0 Å². The van der Waals surface area contributed by atoms with E-state index in [0.29, 0.717) is 0 Å². The molecule has 0 unspecified atom stereocenters. The lowest BCUT2D eigenvalue weighted by Crippen LogP contribution is -2.00. The highest BCUT2D eigenvalue weighted by Gasteiger charge is 2.02. The summed E-state index contributed by atoms with van der Waals surface area (Å²) in [4.78, 5) is 1.19. The van der Waals surface area contributed by atoms with Crippen LogP contribution in [0.25, 0.3) is 5.69 Å². The van der Waals surface area contributed by atoms with E-state index in [4.69, 9.17) is 0 Å². The van der Waals surface area contributed by atoms with Crippen LogP contribution in [0.2, 0.25) is 0 Å². The van der Waals surface area contributed by atoms with Gasteiger partial charge in [0.15, 0.2) is 5.82 Å². The van der Waals surface area contributed by atoms with Gasteiger partial charge in [0.2, 0.25) is 0 Å². The third-order valence-electron chi connectivity index (χ3n) is 1.40. The Kier molecular flexibility index (Phi) is 1.59. The molecule has 0 aliphatic rings. The molecule has 1 aromatic heterocycles. The van der Waals surface area contributed by atoms with Crippen molar-refractivity contribution in [2.75, 3.05) is 0 Å². The fraction of sp³-hybridized carbons (Fsp3) is 0. The number of nitrogens with zero attached hydrogens (tertiary/aromatic N) is 3. The summed E-state index contributed by atoms with van der Waals surface area (Å²) < 4.78 is 13.0. The third kappa shape index (κ3) is 1.07. The van der Waals surface area contributed by atoms with Crippen LogP contribution in [-0.2, 0) is 0 Å². The zero-order valence-electron chi connectivity index (χ0n) is 6.11. The summed E-state index contributed by atoms with van der Waals surface area (Å²) in [7, 11) is 0. The molecule has 0 amide bonds. The lowest BCUT2D eigenvalue weighted by Gasteiger charge is -1.98. The van der Waals surface area contributed by atoms with Gasteiger partial charge < -0.3 is 0 Å². The van der Waals surface area contributed by atoms with Crippen molar-refractivity contribution in [1.82, 2.24) is 15.0 Å². The first-order valence-corrected chi connectivity index (χ1v) is 3.41. The van der Waals surface area contributed by atoms with Gasteiger partial charge in [-0.3, -0.25) is 0 Å². The highest BCUT2D eigenvalue weighted by Crippen LogP contribution is 2.07. The number of hydrogen-bond acceptors (Lipinski definition) is 2. The number of benzene rings is 1. The van der Waals surface area contributed by atoms with Crippen molar-refractivity contribution in [3.63, 3.8) is 0 Å². The molecule has 0 saturated heterocycles. The average molecular weight is 162 g/mol. The maximum atomic E-state index is 13.0. The van der Waals surface area contributed by atoms with E-state index in [2.05, 4.69) is 16.3 Å². The number of aromatic nitrogens is 3. The molecular formula is C8H5FN3. The van der Waals surface area contributed by atoms with E-state index in [0.717, 1.165) is 0 Å². The standard InChI is InChI=1S/C8H5FN3/c9-7-3-1-2-4-8(7)12-10-5-6-11-12/h1-3,5-6H. The quantitative estimate of drug-likeness (QED) is 0.630. The summed E-state index contributed by atoms with van der Waals surface area (Å²) in [5.74, 6) is -0.381. The second-order valence-electron chi connectivity index (χ2n) is 2.19. The van der Waals surface area contributed by atoms with Gasteiger partial charge in [-0.05, 0) is 6.07 Å². The summed E-state index contributed by atoms with van der Waals surface area (Å²) >= 11 is 0. The molecule has 2 aromatic rings. The SMILES string of the molecule is Fc1ccc[c]c1-n1nccn1. The number of rotatable bonds is 1. The van der Waals surface area contributed by atoms with Gasteiger partial charge in [0, 0.05) is 6.07 Å². The van der Waals surface area contributed by atoms with Crippen molar-refractivity contribution >= 4 is 0 Å². The first-order chi connectivity index (χ1) is 5.88. The number of para-hydroxylation sites is 1. The van der Waals surface area contributed by atoms with Crippen LogP contribution in [0, 0.1) is 11.9 Å². The van der Waals surface area contributed by atoms with Gasteiger partial charge in [0.1, 0.15) is 5.69 Å². The Bertz CT molecular complexity index is 370. The normalized spacial score (nSPS) is 10.1. The second-order valence-corrected chi connectivity index (χ2v) is 2.19. The average Bonchev–Trinajstić information content (AvgIpc) is 2.57. The first kappa shape index (κ1) is 6.97. The van der Waals surface area contributed by atoms with Crippen LogP contribution >= 0.6 is 0 Å². The van der Waals surface area contributed by atoms with Crippen molar-refractivity contribution in [3.05, 3.63) is 42.5 Å². The molecule has 12 heavy (non-hydrogen) atoms. The van der Waals surface area contributed by atoms with Crippen LogP contribution in [0.4, 0.5) is 4.39 Å². The number of hydrogen-bond donors (Lipinski definition) is 0. The van der Waals surface area contributed by atoms with Gasteiger partial charge in [0.05, 0.1) is 12.4 Å². The monoisotopic (exact) mass is 162 g/mol. The Morgan fingerprint density at radius 1 is 1.33 bits per heavy atom. The Hall–Kier alpha value is -1.71. The molecule has 1 heterocycles. The Morgan fingerprint density at radius 2 is 2.08 bits per heavy atom. The molecule has 1 aromatic carbocycles. The maximum absolute atomic E-state index is 13.0. The first-order valence-electron chi connectivity index (χ1n) is 3.41. The van der Waals surface area contributed by atoms with E-state index in [9.17, 15) is 4.39 Å². The summed E-state index contributed by atoms with van der Waals surface area (Å²) in [5.41, 5.74) is 0.238. The third-order valence-corrected chi connectivity index (χ3v) is 1.40. The van der Waals surface area contributed by atoms with E-state index in [1.165, 1.54) is 23.3 Å². The van der Waals surface area contributed by atoms with E-state index >= 15 is 0 Å². The van der Waals surface area contributed by atoms with Gasteiger partial charge >= 0.3 is 0 Å². The molecule has 59 valence electrons. The molecule has 0 atom stereocenters. The van der Waals surface area contributed by atoms with Crippen molar-refractivity contribution in [2.24, 2.45) is 0 Å². The molecule has 0 bridgehead atoms. The molecule has 2 rings (SSSR count). The largest absolute Gasteiger partial charge is 0.205 e. The van der Waals surface area contributed by atoms with E-state index < -0.39 is 0 Å². The topological polar surface area (TPSA) is 30.7 Å². The van der Waals surface area contributed by atoms with Crippen LogP contribution < -0.4 is 0 Å². The summed E-state index contributed by atoms with van der Waals surface area (Å²) in [5, 5.41) is 7.56. The van der Waals surface area contributed by atoms with E-state index in [-0.39, 0.29) is 11.5 Å². The van der Waals surface area contributed by atoms with E-state index in [1.54, 1.807) is 12.1 Å². The maximum Gasteiger partial charge on any atom is 0.151 e. The zero-order valence-corrected chi connectivity index (χ0v) is 6.11. The summed E-state index contributed by atoms with van der Waals surface area (Å²) in [6.07, 6.45) is 2.97. The predicted molar refractivity (Wildman–Crippen MR) is 40.2 cm³/mol. The summed E-state index contributed by atoms with van der Waals surface area (Å²) in [6, 6.07) is 7.23. The van der Waals surface area contributed by atoms with Crippen LogP contribution in [0.1, 0.15) is 0 Å². The fourth-order valence-electron chi connectivity index (χ4n) is 0.892. The molecule has 0 N–H and O–H groups in total. The van der Waals surface area contributed by atoms with Gasteiger partial charge in [-0.2, -0.15) is 10.2 Å². The van der Waals surface area contributed by atoms with Crippen molar-refractivity contribution in [3.8, 4) is 5.69 Å². The van der Waals surface area contributed by atoms with Crippen molar-refractivity contribution < 1.29 is 4.39 Å². The molecule has 3 nitrogen and oxygen atoms in total. The van der Waals surface area contributed by atoms with Crippen LogP contribution in [0.5, 0.6) is 0 Å². The molecule has 0 fully saturated rings. The second kappa shape index (κ2) is 2.73. The van der Waals surface area contributed by atoms with Crippen LogP contribution in [0.15, 0.2) is 30.6 Å². The lowest BCUT2D eigenvalue weighted by molar-refractivity contribution is 0.596. The lowest BCUT2D eigenvalue weighted by atomic mass is 10.3. The molecule has 0 saturated carbocycles. The minimum Gasteiger partial charge on any atom is -0.205 e. The molecule has 0 aliphatic carbocycles. The molecule has 4 heteroatoms.